The van der Waals surface area contributed by atoms with Gasteiger partial charge in [-0.2, -0.15) is 0 Å². The molecular formula is C62H79N17O12. The van der Waals surface area contributed by atoms with Gasteiger partial charge in [0.25, 0.3) is 0 Å². The van der Waals surface area contributed by atoms with Crippen LogP contribution in [-0.2, 0) is 73.6 Å². The van der Waals surface area contributed by atoms with Crippen molar-refractivity contribution in [3.8, 4) is 5.75 Å². The highest BCUT2D eigenvalue weighted by atomic mass is 16.3. The number of nitrogens with zero attached hydrogens (tertiary/aromatic N) is 3. The van der Waals surface area contributed by atoms with Crippen molar-refractivity contribution in [3.05, 3.63) is 120 Å². The fourth-order valence-corrected chi connectivity index (χ4v) is 11.3. The van der Waals surface area contributed by atoms with Crippen molar-refractivity contribution in [1.82, 2.24) is 67.4 Å². The number of phenolic OH excluding ortho intramolecular Hbond substituents is 1. The zero-order chi connectivity index (χ0) is 65.3. The second-order valence-electron chi connectivity index (χ2n) is 23.2. The smallest absolute Gasteiger partial charge is 0.245 e. The largest absolute Gasteiger partial charge is 0.508 e. The molecule has 0 aliphatic carbocycles. The average Bonchev–Trinajstić information content (AvgIpc) is 1.91. The number of aromatic nitrogens is 4. The number of aliphatic hydroxyl groups excluding tert-OH is 1. The van der Waals surface area contributed by atoms with Gasteiger partial charge in [-0.05, 0) is 85.4 Å². The molecule has 3 aromatic carbocycles. The van der Waals surface area contributed by atoms with E-state index >= 15 is 4.79 Å². The molecule has 29 nitrogen and oxygen atoms in total. The van der Waals surface area contributed by atoms with Crippen LogP contribution in [0.2, 0.25) is 0 Å². The van der Waals surface area contributed by atoms with Crippen LogP contribution in [-0.4, -0.2) is 174 Å². The summed E-state index contributed by atoms with van der Waals surface area (Å²) in [5.41, 5.74) is 20.2. The Morgan fingerprint density at radius 3 is 1.70 bits per heavy atom. The number of imidazole rings is 1. The molecule has 10 amide bonds. The Morgan fingerprint density at radius 2 is 1.18 bits per heavy atom. The summed E-state index contributed by atoms with van der Waals surface area (Å²) in [5, 5.41) is 44.1. The van der Waals surface area contributed by atoms with Crippen LogP contribution >= 0.6 is 0 Å². The van der Waals surface area contributed by atoms with Crippen LogP contribution in [0, 0.1) is 5.92 Å². The first-order valence-corrected chi connectivity index (χ1v) is 30.2. The predicted molar refractivity (Wildman–Crippen MR) is 333 cm³/mol. The molecular weight excluding hydrogens is 1170 g/mol. The molecule has 2 fully saturated rings. The molecule has 0 radical (unpaired) electrons. The van der Waals surface area contributed by atoms with Crippen molar-refractivity contribution in [2.75, 3.05) is 19.7 Å². The molecule has 9 atom stereocenters. The van der Waals surface area contributed by atoms with Gasteiger partial charge in [-0.25, -0.2) is 4.98 Å². The molecule has 8 rings (SSSR count). The number of likely N-dealkylation sites (tertiary alicyclic amines) is 1. The van der Waals surface area contributed by atoms with E-state index < -0.39 is 114 Å². The van der Waals surface area contributed by atoms with Gasteiger partial charge in [0.2, 0.25) is 59.1 Å². The lowest BCUT2D eigenvalue weighted by atomic mass is 9.99. The molecule has 484 valence electrons. The van der Waals surface area contributed by atoms with Crippen LogP contribution < -0.4 is 59.7 Å². The molecule has 2 aliphatic rings. The minimum absolute atomic E-state index is 0.0424. The number of aromatic hydroxyl groups is 1. The first-order valence-electron chi connectivity index (χ1n) is 30.2. The van der Waals surface area contributed by atoms with Gasteiger partial charge in [0.05, 0.1) is 12.9 Å². The second-order valence-corrected chi connectivity index (χ2v) is 23.2. The van der Waals surface area contributed by atoms with E-state index in [0.29, 0.717) is 57.0 Å². The van der Waals surface area contributed by atoms with Crippen LogP contribution in [0.3, 0.4) is 0 Å². The Bertz CT molecular complexity index is 3600. The number of hydrogen-bond donors (Lipinski definition) is 16. The number of guanidine groups is 1. The number of para-hydroxylation sites is 2. The number of nitrogens with two attached hydrogens (primary N) is 3. The van der Waals surface area contributed by atoms with E-state index in [9.17, 15) is 53.4 Å². The normalized spacial score (nSPS) is 16.9. The SMILES string of the molecule is CC(C)C[C@H](NC(=O)[C@@H](Cc1c[nH]c2ccccc12)NC(=O)[C@H](Cc1ccc(O)cc1)NC(=O)[C@H](CO)NC(=O)[C@H](Cc1c[nH]c2ccccc12)NC(=O)[C@H](Cc1cnc[nH]1)NC(=O)[C@@H]1CCC(=O)N1)C(=O)N[C@@H](CCCN=C(N)N)C(=O)N1CCC[C@H]1C(N)=O. The van der Waals surface area contributed by atoms with E-state index in [-0.39, 0.29) is 94.4 Å². The lowest BCUT2D eigenvalue weighted by Gasteiger charge is -2.30. The Morgan fingerprint density at radius 1 is 0.648 bits per heavy atom. The second kappa shape index (κ2) is 31.2. The number of rotatable bonds is 31. The lowest BCUT2D eigenvalue weighted by molar-refractivity contribution is -0.141. The van der Waals surface area contributed by atoms with Crippen molar-refractivity contribution in [3.63, 3.8) is 0 Å². The molecule has 2 aliphatic heterocycles. The molecule has 29 heteroatoms. The molecule has 0 spiro atoms. The topological polar surface area (TPSA) is 461 Å². The molecule has 2 saturated heterocycles. The fraction of sp³-hybridized carbons (Fsp3) is 0.419. The highest BCUT2D eigenvalue weighted by Crippen LogP contribution is 2.23. The number of benzene rings is 3. The van der Waals surface area contributed by atoms with Gasteiger partial charge in [-0.1, -0.05) is 62.4 Å². The first kappa shape index (κ1) is 66.6. The number of aliphatic hydroxyl groups is 1. The summed E-state index contributed by atoms with van der Waals surface area (Å²) in [4.78, 5) is 159. The van der Waals surface area contributed by atoms with E-state index in [1.165, 1.54) is 41.7 Å². The third kappa shape index (κ3) is 18.2. The van der Waals surface area contributed by atoms with Crippen LogP contribution in [0.4, 0.5) is 0 Å². The lowest BCUT2D eigenvalue weighted by Crippen LogP contribution is -2.61. The number of H-pyrrole nitrogens is 3. The number of aliphatic imine (C=N–C) groups is 1. The number of nitrogens with one attached hydrogen (secondary N) is 11. The van der Waals surface area contributed by atoms with Crippen LogP contribution in [0.1, 0.15) is 81.2 Å². The van der Waals surface area contributed by atoms with Crippen LogP contribution in [0.25, 0.3) is 21.8 Å². The number of carbonyl (C=O) groups excluding carboxylic acids is 10. The summed E-state index contributed by atoms with van der Waals surface area (Å²) in [7, 11) is 0. The molecule has 6 aromatic rings. The number of hydrogen-bond acceptors (Lipinski definition) is 14. The monoisotopic (exact) mass is 1250 g/mol. The molecule has 0 saturated carbocycles. The number of primary amides is 1. The predicted octanol–water partition coefficient (Wildman–Crippen LogP) is -1.41. The standard InChI is InChI=1S/C62H79N17O12/c1-33(2)23-45(55(85)72-44(13-7-21-67-62(64)65)61(91)79-22-8-14-51(79)53(63)83)73-57(87)47(25-35-28-68-41-11-5-3-9-39(35)41)75-56(86)46(24-34-15-17-38(81)18-16-34)74-60(90)50(31-80)78-58(88)48(26-36-29-69-42-12-6-4-10-40(36)42)76-59(89)49(27-37-30-66-32-70-37)77-54(84)43-19-20-52(82)71-43/h3-6,9-12,15-18,28-30,32-33,43-51,68-69,80-81H,7-8,13-14,19-27,31H2,1-2H3,(H2,63,83)(H,66,70)(H,71,82)(H,72,85)(H,73,87)(H,74,90)(H,75,86)(H,76,89)(H,77,84)(H,78,88)(H4,64,65,67)/t43-,44-,45-,46-,47+,48-,49-,50-,51-/m0/s1. The summed E-state index contributed by atoms with van der Waals surface area (Å²) in [5.74, 6) is -8.09. The summed E-state index contributed by atoms with van der Waals surface area (Å²) in [6, 6.07) is 8.17. The molecule has 91 heavy (non-hydrogen) atoms. The molecule has 5 heterocycles. The maximum absolute atomic E-state index is 15.0. The Hall–Kier alpha value is -10.3. The molecule has 0 unspecified atom stereocenters. The van der Waals surface area contributed by atoms with Crippen LogP contribution in [0.15, 0.2) is 103 Å². The number of aromatic amines is 3. The van der Waals surface area contributed by atoms with Gasteiger partial charge < -0.3 is 89.8 Å². The zero-order valence-corrected chi connectivity index (χ0v) is 50.5. The Balaban J connectivity index is 1.05. The number of phenols is 1. The number of carbonyl (C=O) groups is 10. The minimum Gasteiger partial charge on any atom is -0.508 e. The van der Waals surface area contributed by atoms with Crippen molar-refractivity contribution in [2.45, 2.75) is 139 Å². The zero-order valence-electron chi connectivity index (χ0n) is 50.5. The molecule has 0 bridgehead atoms. The van der Waals surface area contributed by atoms with Gasteiger partial charge >= 0.3 is 0 Å². The van der Waals surface area contributed by atoms with E-state index in [0.717, 1.165) is 0 Å². The summed E-state index contributed by atoms with van der Waals surface area (Å²) in [6.07, 6.45) is 6.88. The van der Waals surface area contributed by atoms with Gasteiger partial charge in [0, 0.05) is 91.3 Å². The summed E-state index contributed by atoms with van der Waals surface area (Å²) in [6.45, 7) is 2.94. The van der Waals surface area contributed by atoms with Crippen molar-refractivity contribution in [2.24, 2.45) is 28.1 Å². The molecule has 19 N–H and O–H groups in total. The van der Waals surface area contributed by atoms with Gasteiger partial charge in [0.1, 0.15) is 60.1 Å². The highest BCUT2D eigenvalue weighted by Gasteiger charge is 2.40. The Kier molecular flexibility index (Phi) is 22.9. The summed E-state index contributed by atoms with van der Waals surface area (Å²) >= 11 is 0. The van der Waals surface area contributed by atoms with E-state index in [4.69, 9.17) is 17.2 Å². The maximum Gasteiger partial charge on any atom is 0.245 e. The van der Waals surface area contributed by atoms with Crippen molar-refractivity contribution >= 4 is 86.8 Å². The quantitative estimate of drug-likeness (QED) is 0.0135. The summed E-state index contributed by atoms with van der Waals surface area (Å²) < 4.78 is 0. The van der Waals surface area contributed by atoms with Gasteiger partial charge in [-0.15, -0.1) is 0 Å². The first-order chi connectivity index (χ1) is 43.6. The van der Waals surface area contributed by atoms with Crippen molar-refractivity contribution < 1.29 is 58.2 Å². The van der Waals surface area contributed by atoms with Gasteiger partial charge in [-0.3, -0.25) is 52.9 Å². The van der Waals surface area contributed by atoms with E-state index in [2.05, 4.69) is 67.5 Å². The van der Waals surface area contributed by atoms with E-state index in [1.54, 1.807) is 36.7 Å². The molecule has 3 aromatic heterocycles. The third-order valence-corrected chi connectivity index (χ3v) is 16.0. The average molecular weight is 1250 g/mol. The van der Waals surface area contributed by atoms with Crippen molar-refractivity contribution in [1.29, 1.82) is 0 Å². The minimum atomic E-state index is -1.79. The number of fused-ring (bicyclic) bond motifs is 2. The fourth-order valence-electron chi connectivity index (χ4n) is 11.3. The number of amides is 10. The maximum atomic E-state index is 15.0. The van der Waals surface area contributed by atoms with Crippen LogP contribution in [0.5, 0.6) is 5.75 Å². The Labute approximate surface area is 523 Å². The van der Waals surface area contributed by atoms with E-state index in [1.807, 2.05) is 38.1 Å². The highest BCUT2D eigenvalue weighted by molar-refractivity contribution is 6.00. The third-order valence-electron chi connectivity index (χ3n) is 16.0. The van der Waals surface area contributed by atoms with Gasteiger partial charge in [0.15, 0.2) is 5.96 Å².